The van der Waals surface area contributed by atoms with E-state index in [1.165, 1.54) is 17.7 Å². The van der Waals surface area contributed by atoms with Crippen molar-refractivity contribution in [3.63, 3.8) is 0 Å². The van der Waals surface area contributed by atoms with Gasteiger partial charge in [-0.3, -0.25) is 9.59 Å². The third-order valence-electron chi connectivity index (χ3n) is 1.83. The van der Waals surface area contributed by atoms with E-state index in [1.807, 2.05) is 6.92 Å². The number of pyridine rings is 1. The zero-order valence-corrected chi connectivity index (χ0v) is 7.70. The van der Waals surface area contributed by atoms with Gasteiger partial charge in [-0.25, -0.2) is 0 Å². The van der Waals surface area contributed by atoms with Crippen molar-refractivity contribution in [1.29, 1.82) is 0 Å². The number of nitrogens with zero attached hydrogens (tertiary/aromatic N) is 1. The van der Waals surface area contributed by atoms with Crippen LogP contribution >= 0.6 is 0 Å². The Bertz CT molecular complexity index is 368. The molecule has 0 spiro atoms. The molecule has 1 aromatic rings. The van der Waals surface area contributed by atoms with Crippen molar-refractivity contribution in [3.8, 4) is 0 Å². The Morgan fingerprint density at radius 1 is 1.62 bits per heavy atom. The molecule has 0 aliphatic heterocycles. The monoisotopic (exact) mass is 180 g/mol. The smallest absolute Gasteiger partial charge is 0.251 e. The minimum Gasteiger partial charge on any atom is -0.355 e. The van der Waals surface area contributed by atoms with Crippen LogP contribution in [-0.4, -0.2) is 17.5 Å². The Hall–Kier alpha value is -1.58. The lowest BCUT2D eigenvalue weighted by molar-refractivity contribution is 0.0963. The van der Waals surface area contributed by atoms with Crippen LogP contribution in [0.4, 0.5) is 0 Å². The lowest BCUT2D eigenvalue weighted by atomic mass is 10.2. The van der Waals surface area contributed by atoms with Gasteiger partial charge < -0.3 is 9.88 Å². The standard InChI is InChI=1S/C9H12N2O2/c1-3-11-5-4-7(6-8(11)12)9(13)10-2/h4-6H,3H2,1-2H3,(H,10,13). The minimum atomic E-state index is -0.236. The fourth-order valence-electron chi connectivity index (χ4n) is 1.05. The van der Waals surface area contributed by atoms with Gasteiger partial charge in [-0.2, -0.15) is 0 Å². The highest BCUT2D eigenvalue weighted by molar-refractivity contribution is 5.93. The molecule has 4 nitrogen and oxygen atoms in total. The van der Waals surface area contributed by atoms with Crippen molar-refractivity contribution in [2.45, 2.75) is 13.5 Å². The summed E-state index contributed by atoms with van der Waals surface area (Å²) in [4.78, 5) is 22.4. The van der Waals surface area contributed by atoms with E-state index in [0.717, 1.165) is 0 Å². The van der Waals surface area contributed by atoms with Gasteiger partial charge in [0.2, 0.25) is 0 Å². The van der Waals surface area contributed by atoms with Crippen molar-refractivity contribution in [3.05, 3.63) is 34.2 Å². The van der Waals surface area contributed by atoms with Gasteiger partial charge >= 0.3 is 0 Å². The molecule has 13 heavy (non-hydrogen) atoms. The molecule has 1 N–H and O–H groups in total. The summed E-state index contributed by atoms with van der Waals surface area (Å²) in [6, 6.07) is 2.96. The Morgan fingerprint density at radius 3 is 2.77 bits per heavy atom. The van der Waals surface area contributed by atoms with Crippen molar-refractivity contribution in [2.24, 2.45) is 0 Å². The minimum absolute atomic E-state index is 0.149. The fraction of sp³-hybridized carbons (Fsp3) is 0.333. The second-order valence-electron chi connectivity index (χ2n) is 2.62. The first kappa shape index (κ1) is 9.51. The molecule has 0 atom stereocenters. The average molecular weight is 180 g/mol. The van der Waals surface area contributed by atoms with E-state index in [-0.39, 0.29) is 11.5 Å². The zero-order valence-electron chi connectivity index (χ0n) is 7.70. The van der Waals surface area contributed by atoms with Gasteiger partial charge in [0, 0.05) is 31.4 Å². The van der Waals surface area contributed by atoms with Crippen LogP contribution in [-0.2, 0) is 6.54 Å². The van der Waals surface area contributed by atoms with Crippen molar-refractivity contribution >= 4 is 5.91 Å². The molecule has 1 amide bonds. The SMILES string of the molecule is CCn1ccc(C(=O)NC)cc1=O. The number of amides is 1. The van der Waals surface area contributed by atoms with Gasteiger partial charge in [0.25, 0.3) is 11.5 Å². The molecule has 0 aliphatic rings. The van der Waals surface area contributed by atoms with Crippen LogP contribution in [0.2, 0.25) is 0 Å². The van der Waals surface area contributed by atoms with E-state index >= 15 is 0 Å². The maximum absolute atomic E-state index is 11.3. The fourth-order valence-corrected chi connectivity index (χ4v) is 1.05. The van der Waals surface area contributed by atoms with Crippen molar-refractivity contribution in [1.82, 2.24) is 9.88 Å². The van der Waals surface area contributed by atoms with E-state index in [4.69, 9.17) is 0 Å². The molecule has 0 bridgehead atoms. The Kier molecular flexibility index (Phi) is 2.84. The van der Waals surface area contributed by atoms with Crippen LogP contribution in [0.25, 0.3) is 0 Å². The largest absolute Gasteiger partial charge is 0.355 e. The summed E-state index contributed by atoms with van der Waals surface area (Å²) >= 11 is 0. The summed E-state index contributed by atoms with van der Waals surface area (Å²) in [7, 11) is 1.54. The van der Waals surface area contributed by atoms with E-state index in [2.05, 4.69) is 5.32 Å². The third-order valence-corrected chi connectivity index (χ3v) is 1.83. The van der Waals surface area contributed by atoms with Gasteiger partial charge in [0.15, 0.2) is 0 Å². The molecule has 0 saturated carbocycles. The summed E-state index contributed by atoms with van der Waals surface area (Å²) in [6.07, 6.45) is 1.62. The molecule has 0 radical (unpaired) electrons. The highest BCUT2D eigenvalue weighted by atomic mass is 16.2. The quantitative estimate of drug-likeness (QED) is 0.708. The van der Waals surface area contributed by atoms with Gasteiger partial charge in [-0.1, -0.05) is 0 Å². The molecule has 0 aliphatic carbocycles. The second kappa shape index (κ2) is 3.89. The number of rotatable bonds is 2. The van der Waals surface area contributed by atoms with Crippen LogP contribution in [0.5, 0.6) is 0 Å². The van der Waals surface area contributed by atoms with Crippen molar-refractivity contribution < 1.29 is 4.79 Å². The first-order valence-corrected chi connectivity index (χ1v) is 4.11. The molecule has 0 saturated heterocycles. The lowest BCUT2D eigenvalue weighted by Gasteiger charge is -2.02. The summed E-state index contributed by atoms with van der Waals surface area (Å²) in [5.41, 5.74) is 0.251. The third kappa shape index (κ3) is 1.96. The summed E-state index contributed by atoms with van der Waals surface area (Å²) < 4.78 is 1.53. The van der Waals surface area contributed by atoms with Gasteiger partial charge in [-0.05, 0) is 13.0 Å². The highest BCUT2D eigenvalue weighted by Crippen LogP contribution is 1.93. The number of aryl methyl sites for hydroxylation is 1. The first-order valence-electron chi connectivity index (χ1n) is 4.11. The van der Waals surface area contributed by atoms with Gasteiger partial charge in [-0.15, -0.1) is 0 Å². The summed E-state index contributed by atoms with van der Waals surface area (Å²) in [6.45, 7) is 2.49. The van der Waals surface area contributed by atoms with Gasteiger partial charge in [0.1, 0.15) is 0 Å². The Labute approximate surface area is 76.2 Å². The first-order chi connectivity index (χ1) is 6.19. The van der Waals surface area contributed by atoms with E-state index in [1.54, 1.807) is 12.3 Å². The Balaban J connectivity index is 3.10. The highest BCUT2D eigenvalue weighted by Gasteiger charge is 2.03. The second-order valence-corrected chi connectivity index (χ2v) is 2.62. The zero-order chi connectivity index (χ0) is 9.84. The predicted molar refractivity (Wildman–Crippen MR) is 49.8 cm³/mol. The molecule has 4 heteroatoms. The molecule has 1 heterocycles. The number of aromatic nitrogens is 1. The Morgan fingerprint density at radius 2 is 2.31 bits per heavy atom. The number of hydrogen-bond acceptors (Lipinski definition) is 2. The average Bonchev–Trinajstić information content (AvgIpc) is 2.16. The van der Waals surface area contributed by atoms with Crippen LogP contribution in [0, 0.1) is 0 Å². The van der Waals surface area contributed by atoms with Gasteiger partial charge in [0.05, 0.1) is 0 Å². The van der Waals surface area contributed by atoms with E-state index < -0.39 is 0 Å². The lowest BCUT2D eigenvalue weighted by Crippen LogP contribution is -2.23. The predicted octanol–water partition coefficient (Wildman–Crippen LogP) is 0.228. The van der Waals surface area contributed by atoms with E-state index in [9.17, 15) is 9.59 Å². The normalized spacial score (nSPS) is 9.69. The molecule has 0 fully saturated rings. The molecule has 1 aromatic heterocycles. The molecular formula is C9H12N2O2. The van der Waals surface area contributed by atoms with Crippen LogP contribution in [0.15, 0.2) is 23.1 Å². The number of carbonyl (C=O) groups is 1. The molecule has 0 unspecified atom stereocenters. The molecule has 0 aromatic carbocycles. The summed E-state index contributed by atoms with van der Waals surface area (Å²) in [5.74, 6) is -0.236. The molecule has 70 valence electrons. The maximum Gasteiger partial charge on any atom is 0.251 e. The topological polar surface area (TPSA) is 51.1 Å². The van der Waals surface area contributed by atoms with E-state index in [0.29, 0.717) is 12.1 Å². The number of nitrogens with one attached hydrogen (secondary N) is 1. The molecule has 1 rings (SSSR count). The molecular weight excluding hydrogens is 168 g/mol. The number of hydrogen-bond donors (Lipinski definition) is 1. The van der Waals surface area contributed by atoms with Crippen LogP contribution in [0.1, 0.15) is 17.3 Å². The van der Waals surface area contributed by atoms with Crippen LogP contribution in [0.3, 0.4) is 0 Å². The van der Waals surface area contributed by atoms with Crippen LogP contribution < -0.4 is 10.9 Å². The number of carbonyl (C=O) groups excluding carboxylic acids is 1. The summed E-state index contributed by atoms with van der Waals surface area (Å²) in [5, 5.41) is 2.46. The maximum atomic E-state index is 11.3. The van der Waals surface area contributed by atoms with Crippen molar-refractivity contribution in [2.75, 3.05) is 7.05 Å².